The van der Waals surface area contributed by atoms with Gasteiger partial charge in [0.15, 0.2) is 0 Å². The zero-order valence-corrected chi connectivity index (χ0v) is 12.3. The predicted octanol–water partition coefficient (Wildman–Crippen LogP) is 0.683. The molecule has 0 radical (unpaired) electrons. The molecule has 2 fully saturated rings. The number of ether oxygens (including phenoxy) is 1. The second kappa shape index (κ2) is 7.44. The van der Waals surface area contributed by atoms with E-state index in [0.717, 1.165) is 13.0 Å². The van der Waals surface area contributed by atoms with Crippen molar-refractivity contribution in [3.8, 4) is 0 Å². The lowest BCUT2D eigenvalue weighted by molar-refractivity contribution is -0.579. The first-order valence-corrected chi connectivity index (χ1v) is 7.93. The van der Waals surface area contributed by atoms with E-state index in [-0.39, 0.29) is 19.6 Å². The molecule has 2 saturated heterocycles. The van der Waals surface area contributed by atoms with Gasteiger partial charge in [-0.1, -0.05) is 6.92 Å². The molecule has 0 spiro atoms. The Balaban J connectivity index is 0.000000240. The summed E-state index contributed by atoms with van der Waals surface area (Å²) in [7, 11) is -4.02. The van der Waals surface area contributed by atoms with Gasteiger partial charge in [-0.15, -0.1) is 0 Å². The van der Waals surface area contributed by atoms with Crippen molar-refractivity contribution >= 4 is 7.82 Å². The molecule has 2 aliphatic heterocycles. The van der Waals surface area contributed by atoms with E-state index in [1.165, 1.54) is 6.42 Å². The van der Waals surface area contributed by atoms with Crippen molar-refractivity contribution in [1.29, 1.82) is 0 Å². The Morgan fingerprint density at radius 2 is 2.10 bits per heavy atom. The van der Waals surface area contributed by atoms with Gasteiger partial charge in [-0.2, -0.15) is 0 Å². The Morgan fingerprint density at radius 1 is 1.50 bits per heavy atom. The topological polar surface area (TPSA) is 134 Å². The van der Waals surface area contributed by atoms with Gasteiger partial charge in [0.25, 0.3) is 5.54 Å². The zero-order valence-electron chi connectivity index (χ0n) is 11.4. The van der Waals surface area contributed by atoms with Crippen LogP contribution in [0.15, 0.2) is 0 Å². The maximum atomic E-state index is 10.7. The fourth-order valence-electron chi connectivity index (χ4n) is 1.75. The third-order valence-electron chi connectivity index (χ3n) is 3.33. The van der Waals surface area contributed by atoms with Gasteiger partial charge in [0.1, 0.15) is 13.2 Å². The summed E-state index contributed by atoms with van der Waals surface area (Å²) in [5.74, 6) is 0. The highest BCUT2D eigenvalue weighted by Crippen LogP contribution is 2.48. The molecule has 0 bridgehead atoms. The smallest absolute Gasteiger partial charge is 0.377 e. The summed E-state index contributed by atoms with van der Waals surface area (Å²) in [4.78, 5) is 18.8. The van der Waals surface area contributed by atoms with Gasteiger partial charge in [-0.3, -0.25) is 19.2 Å². The van der Waals surface area contributed by atoms with Crippen LogP contribution in [-0.2, 0) is 18.3 Å². The van der Waals surface area contributed by atoms with E-state index in [1.807, 2.05) is 0 Å². The van der Waals surface area contributed by atoms with E-state index in [4.69, 9.17) is 15.4 Å². The molecule has 9 nitrogen and oxygen atoms in total. The van der Waals surface area contributed by atoms with Crippen molar-refractivity contribution in [1.82, 2.24) is 0 Å². The molecule has 1 unspecified atom stereocenters. The van der Waals surface area contributed by atoms with Crippen LogP contribution in [0, 0.1) is 10.1 Å². The van der Waals surface area contributed by atoms with Gasteiger partial charge in [0, 0.05) is 24.5 Å². The highest BCUT2D eigenvalue weighted by atomic mass is 31.2. The third kappa shape index (κ3) is 4.76. The van der Waals surface area contributed by atoms with Crippen molar-refractivity contribution in [2.75, 3.05) is 26.4 Å². The maximum Gasteiger partial charge on any atom is 0.472 e. The van der Waals surface area contributed by atoms with Crippen molar-refractivity contribution in [3.63, 3.8) is 0 Å². The largest absolute Gasteiger partial charge is 0.472 e. The zero-order chi connectivity index (χ0) is 15.2. The second-order valence-electron chi connectivity index (χ2n) is 4.72. The first-order valence-electron chi connectivity index (χ1n) is 6.43. The number of hydrogen-bond acceptors (Lipinski definition) is 7. The fraction of sp³-hybridized carbons (Fsp3) is 1.00. The number of phosphoric acid groups is 1. The fourth-order valence-corrected chi connectivity index (χ4v) is 2.63. The molecule has 0 aromatic rings. The van der Waals surface area contributed by atoms with Gasteiger partial charge in [-0.05, 0) is 12.8 Å². The van der Waals surface area contributed by atoms with Gasteiger partial charge >= 0.3 is 7.82 Å². The lowest BCUT2D eigenvalue weighted by Gasteiger charge is -2.29. The SMILES string of the molecule is CCC1([N+](=O)[O-])COP(=O)(O)OC1.NCC1CCCO1. The molecular weight excluding hydrogens is 291 g/mol. The second-order valence-corrected chi connectivity index (χ2v) is 6.17. The van der Waals surface area contributed by atoms with Crippen LogP contribution >= 0.6 is 7.82 Å². The molecule has 118 valence electrons. The Kier molecular flexibility index (Phi) is 6.50. The molecule has 0 amide bonds. The number of nitrogens with two attached hydrogens (primary N) is 1. The lowest BCUT2D eigenvalue weighted by atomic mass is 10.0. The molecule has 1 atom stereocenters. The van der Waals surface area contributed by atoms with Crippen LogP contribution in [-0.4, -0.2) is 47.8 Å². The van der Waals surface area contributed by atoms with Crippen molar-refractivity contribution in [2.45, 2.75) is 37.8 Å². The van der Waals surface area contributed by atoms with E-state index in [1.54, 1.807) is 6.92 Å². The predicted molar refractivity (Wildman–Crippen MR) is 69.8 cm³/mol. The average Bonchev–Trinajstić information content (AvgIpc) is 2.93. The highest BCUT2D eigenvalue weighted by molar-refractivity contribution is 7.47. The third-order valence-corrected chi connectivity index (χ3v) is 4.24. The van der Waals surface area contributed by atoms with Crippen LogP contribution in [0.5, 0.6) is 0 Å². The minimum absolute atomic E-state index is 0.194. The Bertz CT molecular complexity index is 361. The van der Waals surface area contributed by atoms with Crippen LogP contribution in [0.3, 0.4) is 0 Å². The molecule has 2 heterocycles. The van der Waals surface area contributed by atoms with Crippen LogP contribution < -0.4 is 5.73 Å². The van der Waals surface area contributed by atoms with E-state index < -0.39 is 18.3 Å². The van der Waals surface area contributed by atoms with Crippen LogP contribution in [0.2, 0.25) is 0 Å². The van der Waals surface area contributed by atoms with E-state index >= 15 is 0 Å². The van der Waals surface area contributed by atoms with Gasteiger partial charge < -0.3 is 15.4 Å². The summed E-state index contributed by atoms with van der Waals surface area (Å²) in [6, 6.07) is 0. The molecule has 2 rings (SSSR count). The van der Waals surface area contributed by atoms with Gasteiger partial charge in [0.05, 0.1) is 6.10 Å². The molecule has 3 N–H and O–H groups in total. The molecule has 10 heteroatoms. The Hall–Kier alpha value is -0.570. The van der Waals surface area contributed by atoms with Crippen LogP contribution in [0.4, 0.5) is 0 Å². The van der Waals surface area contributed by atoms with Crippen molar-refractivity contribution in [3.05, 3.63) is 10.1 Å². The molecule has 0 saturated carbocycles. The highest BCUT2D eigenvalue weighted by Gasteiger charge is 2.49. The minimum atomic E-state index is -4.02. The quantitative estimate of drug-likeness (QED) is 0.441. The first kappa shape index (κ1) is 17.5. The summed E-state index contributed by atoms with van der Waals surface area (Å²) >= 11 is 0. The van der Waals surface area contributed by atoms with Crippen molar-refractivity contribution < 1.29 is 28.2 Å². The minimum Gasteiger partial charge on any atom is -0.377 e. The molecule has 0 aromatic carbocycles. The molecule has 0 aliphatic carbocycles. The number of nitrogens with zero attached hydrogens (tertiary/aromatic N) is 1. The van der Waals surface area contributed by atoms with E-state index in [0.29, 0.717) is 12.6 Å². The Labute approximate surface area is 117 Å². The van der Waals surface area contributed by atoms with E-state index in [2.05, 4.69) is 9.05 Å². The molecular formula is C10H21N2O7P. The standard InChI is InChI=1S/C5H10NO6P.C5H11NO/c1-2-5(6(7)8)3-11-13(9,10)12-4-5;6-4-5-2-1-3-7-5/h2-4H2,1H3,(H,9,10);5H,1-4,6H2. The molecule has 0 aromatic heterocycles. The number of phosphoric ester groups is 1. The summed E-state index contributed by atoms with van der Waals surface area (Å²) < 4.78 is 24.7. The summed E-state index contributed by atoms with van der Waals surface area (Å²) in [6.07, 6.45) is 2.93. The summed E-state index contributed by atoms with van der Waals surface area (Å²) in [6.45, 7) is 2.44. The Morgan fingerprint density at radius 3 is 2.40 bits per heavy atom. The van der Waals surface area contributed by atoms with Gasteiger partial charge in [0.2, 0.25) is 0 Å². The molecule has 2 aliphatic rings. The maximum absolute atomic E-state index is 10.7. The normalized spacial score (nSPS) is 37.0. The monoisotopic (exact) mass is 312 g/mol. The van der Waals surface area contributed by atoms with Crippen LogP contribution in [0.1, 0.15) is 26.2 Å². The van der Waals surface area contributed by atoms with E-state index in [9.17, 15) is 14.7 Å². The summed E-state index contributed by atoms with van der Waals surface area (Å²) in [5.41, 5.74) is 3.93. The summed E-state index contributed by atoms with van der Waals surface area (Å²) in [5, 5.41) is 10.6. The average molecular weight is 312 g/mol. The first-order chi connectivity index (χ1) is 9.35. The number of nitro groups is 1. The number of hydrogen-bond donors (Lipinski definition) is 2. The molecule has 20 heavy (non-hydrogen) atoms. The van der Waals surface area contributed by atoms with Gasteiger partial charge in [-0.25, -0.2) is 4.57 Å². The lowest BCUT2D eigenvalue weighted by Crippen LogP contribution is -2.48. The van der Waals surface area contributed by atoms with Crippen LogP contribution in [0.25, 0.3) is 0 Å². The van der Waals surface area contributed by atoms with Crippen molar-refractivity contribution in [2.24, 2.45) is 5.73 Å². The number of rotatable bonds is 3.